The molecule has 98 valence electrons. The Bertz CT molecular complexity index is 430. The van der Waals surface area contributed by atoms with Gasteiger partial charge in [-0.05, 0) is 25.3 Å². The fraction of sp³-hybridized carbons (Fsp3) is 0.500. The van der Waals surface area contributed by atoms with Gasteiger partial charge in [0.15, 0.2) is 0 Å². The molecule has 1 aromatic rings. The molecule has 0 bridgehead atoms. The van der Waals surface area contributed by atoms with Crippen LogP contribution >= 0.6 is 0 Å². The van der Waals surface area contributed by atoms with Crippen molar-refractivity contribution in [3.8, 4) is 0 Å². The standard InChI is InChI=1S/C14H17F2NO/c1-2-9-17(10-7-8-10)14(18)12-6-4-3-5-11(12)13(15)16/h3-6,10,13H,2,7-9H2,1H3. The van der Waals surface area contributed by atoms with Crippen LogP contribution < -0.4 is 0 Å². The van der Waals surface area contributed by atoms with Gasteiger partial charge >= 0.3 is 0 Å². The van der Waals surface area contributed by atoms with E-state index in [1.807, 2.05) is 6.92 Å². The van der Waals surface area contributed by atoms with Gasteiger partial charge in [0.05, 0.1) is 0 Å². The monoisotopic (exact) mass is 253 g/mol. The molecule has 0 spiro atoms. The number of alkyl halides is 2. The summed E-state index contributed by atoms with van der Waals surface area (Å²) in [7, 11) is 0. The molecule has 4 heteroatoms. The van der Waals surface area contributed by atoms with Crippen LogP contribution in [-0.2, 0) is 0 Å². The van der Waals surface area contributed by atoms with Crippen LogP contribution in [0.25, 0.3) is 0 Å². The van der Waals surface area contributed by atoms with E-state index in [1.54, 1.807) is 17.0 Å². The molecule has 0 radical (unpaired) electrons. The maximum absolute atomic E-state index is 12.9. The van der Waals surface area contributed by atoms with Gasteiger partial charge in [0, 0.05) is 23.7 Å². The Morgan fingerprint density at radius 1 is 1.39 bits per heavy atom. The summed E-state index contributed by atoms with van der Waals surface area (Å²) in [5.74, 6) is -0.254. The van der Waals surface area contributed by atoms with E-state index >= 15 is 0 Å². The van der Waals surface area contributed by atoms with Gasteiger partial charge < -0.3 is 4.90 Å². The zero-order valence-electron chi connectivity index (χ0n) is 10.4. The highest BCUT2D eigenvalue weighted by Crippen LogP contribution is 2.30. The molecule has 0 atom stereocenters. The molecular formula is C14H17F2NO. The summed E-state index contributed by atoms with van der Waals surface area (Å²) in [4.78, 5) is 14.1. The first kappa shape index (κ1) is 13.0. The maximum atomic E-state index is 12.9. The van der Waals surface area contributed by atoms with Crippen LogP contribution in [0, 0.1) is 0 Å². The van der Waals surface area contributed by atoms with Crippen LogP contribution in [0.2, 0.25) is 0 Å². The fourth-order valence-electron chi connectivity index (χ4n) is 2.11. The summed E-state index contributed by atoms with van der Waals surface area (Å²) in [6, 6.07) is 6.25. The first-order valence-electron chi connectivity index (χ1n) is 6.33. The molecule has 2 rings (SSSR count). The molecule has 0 N–H and O–H groups in total. The zero-order valence-corrected chi connectivity index (χ0v) is 10.4. The van der Waals surface area contributed by atoms with Crippen LogP contribution in [0.1, 0.15) is 48.5 Å². The van der Waals surface area contributed by atoms with Crippen molar-refractivity contribution in [2.45, 2.75) is 38.7 Å². The highest BCUT2D eigenvalue weighted by molar-refractivity contribution is 5.96. The number of rotatable bonds is 5. The molecule has 0 unspecified atom stereocenters. The minimum absolute atomic E-state index is 0.146. The van der Waals surface area contributed by atoms with E-state index in [-0.39, 0.29) is 23.1 Å². The second-order valence-corrected chi connectivity index (χ2v) is 4.62. The van der Waals surface area contributed by atoms with Crippen molar-refractivity contribution >= 4 is 5.91 Å². The molecule has 1 aliphatic carbocycles. The summed E-state index contributed by atoms with van der Waals surface area (Å²) in [5.41, 5.74) is -0.0166. The van der Waals surface area contributed by atoms with Crippen molar-refractivity contribution < 1.29 is 13.6 Å². The topological polar surface area (TPSA) is 20.3 Å². The highest BCUT2D eigenvalue weighted by atomic mass is 19.3. The number of benzene rings is 1. The lowest BCUT2D eigenvalue weighted by atomic mass is 10.1. The maximum Gasteiger partial charge on any atom is 0.264 e. The predicted molar refractivity (Wildman–Crippen MR) is 65.7 cm³/mol. The number of hydrogen-bond acceptors (Lipinski definition) is 1. The summed E-state index contributed by atoms with van der Waals surface area (Å²) in [5, 5.41) is 0. The van der Waals surface area contributed by atoms with Crippen molar-refractivity contribution in [1.29, 1.82) is 0 Å². The molecule has 1 amide bonds. The van der Waals surface area contributed by atoms with Gasteiger partial charge in [-0.25, -0.2) is 8.78 Å². The number of carbonyl (C=O) groups excluding carboxylic acids is 1. The number of halogens is 2. The average Bonchev–Trinajstić information content (AvgIpc) is 3.19. The van der Waals surface area contributed by atoms with E-state index < -0.39 is 6.43 Å². The number of nitrogens with zero attached hydrogens (tertiary/aromatic N) is 1. The van der Waals surface area contributed by atoms with Crippen molar-refractivity contribution in [1.82, 2.24) is 4.90 Å². The molecule has 2 nitrogen and oxygen atoms in total. The third-order valence-corrected chi connectivity index (χ3v) is 3.14. The van der Waals surface area contributed by atoms with Gasteiger partial charge in [-0.15, -0.1) is 0 Å². The lowest BCUT2D eigenvalue weighted by Crippen LogP contribution is -2.34. The minimum Gasteiger partial charge on any atom is -0.336 e. The van der Waals surface area contributed by atoms with E-state index in [0.29, 0.717) is 6.54 Å². The number of hydrogen-bond donors (Lipinski definition) is 0. The first-order valence-corrected chi connectivity index (χ1v) is 6.33. The van der Waals surface area contributed by atoms with Crippen LogP contribution in [0.3, 0.4) is 0 Å². The summed E-state index contributed by atoms with van der Waals surface area (Å²) < 4.78 is 25.8. The Hall–Kier alpha value is -1.45. The van der Waals surface area contributed by atoms with E-state index in [4.69, 9.17) is 0 Å². The average molecular weight is 253 g/mol. The third-order valence-electron chi connectivity index (χ3n) is 3.14. The van der Waals surface area contributed by atoms with Crippen molar-refractivity contribution in [3.05, 3.63) is 35.4 Å². The Morgan fingerprint density at radius 3 is 2.61 bits per heavy atom. The van der Waals surface area contributed by atoms with Crippen LogP contribution in [0.15, 0.2) is 24.3 Å². The Kier molecular flexibility index (Phi) is 3.94. The molecule has 0 heterocycles. The number of amides is 1. The summed E-state index contributed by atoms with van der Waals surface area (Å²) in [6.45, 7) is 2.63. The normalized spacial score (nSPS) is 14.9. The van der Waals surface area contributed by atoms with Crippen molar-refractivity contribution in [2.24, 2.45) is 0 Å². The van der Waals surface area contributed by atoms with Gasteiger partial charge in [-0.3, -0.25) is 4.79 Å². The van der Waals surface area contributed by atoms with Gasteiger partial charge in [0.1, 0.15) is 0 Å². The van der Waals surface area contributed by atoms with Gasteiger partial charge in [0.25, 0.3) is 12.3 Å². The number of carbonyl (C=O) groups is 1. The van der Waals surface area contributed by atoms with Gasteiger partial charge in [-0.1, -0.05) is 25.1 Å². The zero-order chi connectivity index (χ0) is 13.1. The smallest absolute Gasteiger partial charge is 0.264 e. The lowest BCUT2D eigenvalue weighted by Gasteiger charge is -2.23. The summed E-state index contributed by atoms with van der Waals surface area (Å²) in [6.07, 6.45) is 0.220. The Balaban J connectivity index is 2.26. The van der Waals surface area contributed by atoms with Gasteiger partial charge in [0.2, 0.25) is 0 Å². The van der Waals surface area contributed by atoms with E-state index in [2.05, 4.69) is 0 Å². The molecule has 1 aromatic carbocycles. The van der Waals surface area contributed by atoms with Crippen LogP contribution in [0.4, 0.5) is 8.78 Å². The molecule has 0 aliphatic heterocycles. The lowest BCUT2D eigenvalue weighted by molar-refractivity contribution is 0.0731. The van der Waals surface area contributed by atoms with Crippen molar-refractivity contribution in [3.63, 3.8) is 0 Å². The SMILES string of the molecule is CCCN(C(=O)c1ccccc1C(F)F)C1CC1. The largest absolute Gasteiger partial charge is 0.336 e. The Morgan fingerprint density at radius 2 is 2.06 bits per heavy atom. The first-order chi connectivity index (χ1) is 8.65. The van der Waals surface area contributed by atoms with E-state index in [1.165, 1.54) is 12.1 Å². The molecular weight excluding hydrogens is 236 g/mol. The highest BCUT2D eigenvalue weighted by Gasteiger charge is 2.33. The third kappa shape index (κ3) is 2.68. The van der Waals surface area contributed by atoms with Crippen molar-refractivity contribution in [2.75, 3.05) is 6.54 Å². The summed E-state index contributed by atoms with van der Waals surface area (Å²) >= 11 is 0. The molecule has 0 saturated heterocycles. The quantitative estimate of drug-likeness (QED) is 0.784. The Labute approximate surface area is 106 Å². The fourth-order valence-corrected chi connectivity index (χ4v) is 2.11. The van der Waals surface area contributed by atoms with Crippen LogP contribution in [-0.4, -0.2) is 23.4 Å². The molecule has 1 fully saturated rings. The molecule has 1 aliphatic rings. The molecule has 18 heavy (non-hydrogen) atoms. The second-order valence-electron chi connectivity index (χ2n) is 4.62. The van der Waals surface area contributed by atoms with Gasteiger partial charge in [-0.2, -0.15) is 0 Å². The van der Waals surface area contributed by atoms with Crippen LogP contribution in [0.5, 0.6) is 0 Å². The molecule has 0 aromatic heterocycles. The van der Waals surface area contributed by atoms with E-state index in [9.17, 15) is 13.6 Å². The predicted octanol–water partition coefficient (Wildman–Crippen LogP) is 3.64. The second kappa shape index (κ2) is 5.46. The molecule has 1 saturated carbocycles. The minimum atomic E-state index is -2.60. The van der Waals surface area contributed by atoms with E-state index in [0.717, 1.165) is 19.3 Å².